The second kappa shape index (κ2) is 9.29. The standard InChI is InChI=1S/C18H21N3O6S/c1-13(2)11-19-28(25,26)17-8-6-16(7-9-17)27-12-18(22)20-14-4-3-5-15(10-14)21(23)24/h3-10,13,19H,11-12H2,1-2H3,(H,20,22). The molecule has 0 bridgehead atoms. The number of anilines is 1. The van der Waals surface area contributed by atoms with E-state index < -0.39 is 20.9 Å². The highest BCUT2D eigenvalue weighted by atomic mass is 32.2. The Hall–Kier alpha value is -2.98. The van der Waals surface area contributed by atoms with Crippen LogP contribution in [0.5, 0.6) is 5.75 Å². The molecule has 2 N–H and O–H groups in total. The van der Waals surface area contributed by atoms with Crippen LogP contribution in [0.4, 0.5) is 11.4 Å². The summed E-state index contributed by atoms with van der Waals surface area (Å²) in [5, 5.41) is 13.2. The van der Waals surface area contributed by atoms with Gasteiger partial charge in [0.05, 0.1) is 9.82 Å². The Morgan fingerprint density at radius 1 is 1.18 bits per heavy atom. The number of nitro groups is 1. The lowest BCUT2D eigenvalue weighted by molar-refractivity contribution is -0.384. The van der Waals surface area contributed by atoms with Crippen LogP contribution in [0.1, 0.15) is 13.8 Å². The number of nitrogens with one attached hydrogen (secondary N) is 2. The molecule has 0 aliphatic heterocycles. The number of benzene rings is 2. The molecule has 0 fully saturated rings. The van der Waals surface area contributed by atoms with Crippen molar-refractivity contribution in [1.29, 1.82) is 0 Å². The molecule has 0 aromatic heterocycles. The number of sulfonamides is 1. The van der Waals surface area contributed by atoms with Crippen LogP contribution in [0.25, 0.3) is 0 Å². The van der Waals surface area contributed by atoms with E-state index in [1.54, 1.807) is 0 Å². The van der Waals surface area contributed by atoms with Gasteiger partial charge in [0, 0.05) is 24.4 Å². The summed E-state index contributed by atoms with van der Waals surface area (Å²) in [6.07, 6.45) is 0. The average Bonchev–Trinajstić information content (AvgIpc) is 2.65. The first-order chi connectivity index (χ1) is 13.2. The van der Waals surface area contributed by atoms with Gasteiger partial charge in [0.2, 0.25) is 10.0 Å². The molecule has 28 heavy (non-hydrogen) atoms. The molecule has 9 nitrogen and oxygen atoms in total. The van der Waals surface area contributed by atoms with Gasteiger partial charge >= 0.3 is 0 Å². The predicted molar refractivity (Wildman–Crippen MR) is 104 cm³/mol. The highest BCUT2D eigenvalue weighted by Crippen LogP contribution is 2.18. The summed E-state index contributed by atoms with van der Waals surface area (Å²) < 4.78 is 32.1. The van der Waals surface area contributed by atoms with Crippen molar-refractivity contribution >= 4 is 27.3 Å². The maximum absolute atomic E-state index is 12.1. The van der Waals surface area contributed by atoms with Gasteiger partial charge in [-0.15, -0.1) is 0 Å². The molecule has 150 valence electrons. The molecular weight excluding hydrogens is 386 g/mol. The van der Waals surface area contributed by atoms with Gasteiger partial charge in [-0.3, -0.25) is 14.9 Å². The number of carbonyl (C=O) groups excluding carboxylic acids is 1. The number of rotatable bonds is 9. The van der Waals surface area contributed by atoms with Crippen LogP contribution < -0.4 is 14.8 Å². The van der Waals surface area contributed by atoms with Crippen LogP contribution in [0, 0.1) is 16.0 Å². The number of nitro benzene ring substituents is 1. The molecule has 0 aliphatic carbocycles. The first-order valence-corrected chi connectivity index (χ1v) is 9.92. The molecule has 10 heteroatoms. The summed E-state index contributed by atoms with van der Waals surface area (Å²) in [4.78, 5) is 22.2. The Morgan fingerprint density at radius 2 is 1.86 bits per heavy atom. The monoisotopic (exact) mass is 407 g/mol. The van der Waals surface area contributed by atoms with Crippen molar-refractivity contribution in [2.75, 3.05) is 18.5 Å². The third-order valence-electron chi connectivity index (χ3n) is 3.53. The number of amides is 1. The normalized spacial score (nSPS) is 11.2. The molecule has 2 aromatic rings. The van der Waals surface area contributed by atoms with Crippen LogP contribution in [0.2, 0.25) is 0 Å². The number of ether oxygens (including phenoxy) is 1. The van der Waals surface area contributed by atoms with Crippen molar-refractivity contribution in [2.24, 2.45) is 5.92 Å². The number of hydrogen-bond acceptors (Lipinski definition) is 6. The molecular formula is C18H21N3O6S. The number of carbonyl (C=O) groups is 1. The Kier molecular flexibility index (Phi) is 7.07. The van der Waals surface area contributed by atoms with Crippen molar-refractivity contribution in [3.05, 3.63) is 58.6 Å². The number of nitrogens with zero attached hydrogens (tertiary/aromatic N) is 1. The minimum Gasteiger partial charge on any atom is -0.484 e. The molecule has 0 saturated heterocycles. The van der Waals surface area contributed by atoms with E-state index in [0.29, 0.717) is 12.3 Å². The zero-order valence-electron chi connectivity index (χ0n) is 15.4. The van der Waals surface area contributed by atoms with E-state index in [0.717, 1.165) is 0 Å². The zero-order chi connectivity index (χ0) is 20.7. The fourth-order valence-electron chi connectivity index (χ4n) is 2.12. The number of non-ortho nitro benzene ring substituents is 1. The van der Waals surface area contributed by atoms with Gasteiger partial charge in [-0.05, 0) is 36.2 Å². The Bertz CT molecular complexity index is 942. The summed E-state index contributed by atoms with van der Waals surface area (Å²) in [5.74, 6) is -0.00487. The molecule has 0 spiro atoms. The Labute approximate surface area is 162 Å². The van der Waals surface area contributed by atoms with Crippen LogP contribution in [-0.4, -0.2) is 32.4 Å². The van der Waals surface area contributed by atoms with E-state index in [9.17, 15) is 23.3 Å². The van der Waals surface area contributed by atoms with Crippen molar-refractivity contribution in [3.63, 3.8) is 0 Å². The van der Waals surface area contributed by atoms with Gasteiger partial charge in [-0.2, -0.15) is 0 Å². The van der Waals surface area contributed by atoms with E-state index in [2.05, 4.69) is 10.0 Å². The third-order valence-corrected chi connectivity index (χ3v) is 4.97. The topological polar surface area (TPSA) is 128 Å². The van der Waals surface area contributed by atoms with E-state index in [1.165, 1.54) is 48.5 Å². The molecule has 2 aromatic carbocycles. The molecule has 0 heterocycles. The predicted octanol–water partition coefficient (Wildman–Crippen LogP) is 2.55. The lowest BCUT2D eigenvalue weighted by Gasteiger charge is -2.10. The summed E-state index contributed by atoms with van der Waals surface area (Å²) in [6.45, 7) is 3.80. The zero-order valence-corrected chi connectivity index (χ0v) is 16.2. The van der Waals surface area contributed by atoms with Crippen molar-refractivity contribution in [3.8, 4) is 5.75 Å². The average molecular weight is 407 g/mol. The molecule has 0 radical (unpaired) electrons. The SMILES string of the molecule is CC(C)CNS(=O)(=O)c1ccc(OCC(=O)Nc2cccc([N+](=O)[O-])c2)cc1. The van der Waals surface area contributed by atoms with Gasteiger partial charge in [0.15, 0.2) is 6.61 Å². The molecule has 1 amide bonds. The van der Waals surface area contributed by atoms with Crippen molar-refractivity contribution in [2.45, 2.75) is 18.7 Å². The summed E-state index contributed by atoms with van der Waals surface area (Å²) in [5.41, 5.74) is 0.141. The van der Waals surface area contributed by atoms with Crippen LogP contribution in [0.15, 0.2) is 53.4 Å². The second-order valence-corrected chi connectivity index (χ2v) is 8.13. The van der Waals surface area contributed by atoms with Crippen LogP contribution in [-0.2, 0) is 14.8 Å². The van der Waals surface area contributed by atoms with Gasteiger partial charge in [-0.25, -0.2) is 13.1 Å². The van der Waals surface area contributed by atoms with Crippen LogP contribution in [0.3, 0.4) is 0 Å². The fraction of sp³-hybridized carbons (Fsp3) is 0.278. The maximum atomic E-state index is 12.1. The summed E-state index contributed by atoms with van der Waals surface area (Å²) in [7, 11) is -3.60. The van der Waals surface area contributed by atoms with Crippen molar-refractivity contribution < 1.29 is 22.9 Å². The minimum absolute atomic E-state index is 0.0987. The van der Waals surface area contributed by atoms with Crippen molar-refractivity contribution in [1.82, 2.24) is 4.72 Å². The van der Waals surface area contributed by atoms with E-state index >= 15 is 0 Å². The fourth-order valence-corrected chi connectivity index (χ4v) is 3.33. The highest BCUT2D eigenvalue weighted by molar-refractivity contribution is 7.89. The van der Waals surface area contributed by atoms with Gasteiger partial charge in [0.25, 0.3) is 11.6 Å². The summed E-state index contributed by atoms with van der Waals surface area (Å²) >= 11 is 0. The molecule has 0 saturated carbocycles. The molecule has 2 rings (SSSR count). The smallest absolute Gasteiger partial charge is 0.271 e. The van der Waals surface area contributed by atoms with E-state index in [4.69, 9.17) is 4.74 Å². The molecule has 0 atom stereocenters. The lowest BCUT2D eigenvalue weighted by Crippen LogP contribution is -2.27. The quantitative estimate of drug-likeness (QED) is 0.486. The van der Waals surface area contributed by atoms with Gasteiger partial charge in [-0.1, -0.05) is 19.9 Å². The van der Waals surface area contributed by atoms with Gasteiger partial charge < -0.3 is 10.1 Å². The first kappa shape index (κ1) is 21.3. The summed E-state index contributed by atoms with van der Waals surface area (Å²) in [6, 6.07) is 11.2. The maximum Gasteiger partial charge on any atom is 0.271 e. The van der Waals surface area contributed by atoms with Gasteiger partial charge in [0.1, 0.15) is 5.75 Å². The van der Waals surface area contributed by atoms with E-state index in [1.807, 2.05) is 13.8 Å². The largest absolute Gasteiger partial charge is 0.484 e. The highest BCUT2D eigenvalue weighted by Gasteiger charge is 2.14. The molecule has 0 aliphatic rings. The Balaban J connectivity index is 1.91. The van der Waals surface area contributed by atoms with Crippen LogP contribution >= 0.6 is 0 Å². The first-order valence-electron chi connectivity index (χ1n) is 8.44. The molecule has 0 unspecified atom stereocenters. The lowest BCUT2D eigenvalue weighted by atomic mass is 10.2. The minimum atomic E-state index is -3.60. The number of hydrogen-bond donors (Lipinski definition) is 2. The third kappa shape index (κ3) is 6.32. The Morgan fingerprint density at radius 3 is 2.46 bits per heavy atom. The van der Waals surface area contributed by atoms with E-state index in [-0.39, 0.29) is 28.8 Å². The second-order valence-electron chi connectivity index (χ2n) is 6.36.